The van der Waals surface area contributed by atoms with Crippen LogP contribution in [-0.2, 0) is 105 Å². The van der Waals surface area contributed by atoms with E-state index < -0.39 is 151 Å². The number of rotatable bonds is 39. The van der Waals surface area contributed by atoms with Gasteiger partial charge < -0.3 is 89.6 Å². The number of hydrogen-bond donors (Lipinski definition) is 18. The average Bonchev–Trinajstić information content (AvgIpc) is 1.61. The number of nitrogens with zero attached hydrogens (tertiary/aromatic N) is 2. The second-order valence-electron chi connectivity index (χ2n) is 24.6. The Bertz CT molecular complexity index is 4080. The summed E-state index contributed by atoms with van der Waals surface area (Å²) in [5, 5.41) is 56.8. The molecule has 546 valence electrons. The number of carbonyl (C=O) groups excluding carboxylic acids is 11. The number of nitrogens with one attached hydrogen (secondary N) is 13. The molecule has 0 unspecified atom stereocenters. The topological polar surface area (TPSA) is 507 Å². The van der Waals surface area contributed by atoms with E-state index in [9.17, 15) is 72.9 Å². The maximum absolute atomic E-state index is 14.8. The van der Waals surface area contributed by atoms with E-state index in [1.165, 1.54) is 98.1 Å². The number of aromatic amines is 2. The molecule has 32 nitrogen and oxygen atoms in total. The second kappa shape index (κ2) is 40.4. The summed E-state index contributed by atoms with van der Waals surface area (Å²) in [7, 11) is 0. The van der Waals surface area contributed by atoms with Crippen LogP contribution in [-0.4, -0.2) is 179 Å². The van der Waals surface area contributed by atoms with Gasteiger partial charge in [-0.2, -0.15) is 11.8 Å². The zero-order valence-electron chi connectivity index (χ0n) is 57.2. The van der Waals surface area contributed by atoms with Crippen LogP contribution in [0.3, 0.4) is 0 Å². The van der Waals surface area contributed by atoms with Gasteiger partial charge in [0.05, 0.1) is 18.4 Å². The van der Waals surface area contributed by atoms with Gasteiger partial charge in [0.25, 0.3) is 5.91 Å². The Labute approximate surface area is 615 Å². The van der Waals surface area contributed by atoms with Gasteiger partial charge in [-0.25, -0.2) is 20.6 Å². The minimum atomic E-state index is -1.65. The van der Waals surface area contributed by atoms with Crippen LogP contribution < -0.4 is 70.2 Å². The molecule has 0 aliphatic heterocycles. The number of aliphatic carboxylic acids is 1. The van der Waals surface area contributed by atoms with Crippen LogP contribution in [0.25, 0.3) is 10.9 Å². The molecule has 7 aromatic rings. The molecule has 9 atom stereocenters. The number of aromatic nitrogens is 4. The first-order valence-corrected chi connectivity index (χ1v) is 34.2. The molecule has 7 rings (SSSR count). The third-order valence-electron chi connectivity index (χ3n) is 16.4. The molecule has 0 bridgehead atoms. The van der Waals surface area contributed by atoms with Gasteiger partial charge in [0.2, 0.25) is 59.1 Å². The van der Waals surface area contributed by atoms with Crippen molar-refractivity contribution in [2.45, 2.75) is 127 Å². The summed E-state index contributed by atoms with van der Waals surface area (Å²) in [6.45, 7) is 3.78. The smallest absolute Gasteiger partial charge is 0.508 e. The van der Waals surface area contributed by atoms with Gasteiger partial charge in [-0.05, 0) is 102 Å². The molecule has 0 radical (unpaired) electrons. The van der Waals surface area contributed by atoms with Crippen molar-refractivity contribution in [1.29, 1.82) is 0 Å². The predicted octanol–water partition coefficient (Wildman–Crippen LogP) is 0.0659. The fourth-order valence-corrected chi connectivity index (χ4v) is 11.2. The quantitative estimate of drug-likeness (QED) is 0.0179. The number of H-pyrrole nitrogens is 2. The van der Waals surface area contributed by atoms with Gasteiger partial charge >= 0.3 is 26.1 Å². The maximum Gasteiger partial charge on any atom is 7.00 e. The van der Waals surface area contributed by atoms with Crippen molar-refractivity contribution in [1.82, 2.24) is 73.1 Å². The number of para-hydroxylation sites is 1. The number of phenols is 2. The van der Waals surface area contributed by atoms with E-state index in [0.717, 1.165) is 0 Å². The first kappa shape index (κ1) is 81.7. The first-order valence-electron chi connectivity index (χ1n) is 32.8. The van der Waals surface area contributed by atoms with Gasteiger partial charge in [-0.3, -0.25) is 52.7 Å². The number of primary amides is 1. The number of carboxylic acid groups (broad SMARTS) is 1. The summed E-state index contributed by atoms with van der Waals surface area (Å²) in [5.41, 5.74) is 11.1. The van der Waals surface area contributed by atoms with Crippen molar-refractivity contribution in [3.63, 3.8) is 0 Å². The minimum absolute atomic E-state index is 0. The number of phenolic OH excluding ortho intramolecular Hbond substituents is 2. The number of hydrogen-bond acceptors (Lipinski definition) is 19. The minimum Gasteiger partial charge on any atom is -0.508 e. The number of fused-ring (bicyclic) bond motifs is 1. The van der Waals surface area contributed by atoms with Gasteiger partial charge in [0, 0.05) is 73.7 Å². The van der Waals surface area contributed by atoms with Gasteiger partial charge in [0.15, 0.2) is 0 Å². The molecule has 0 aliphatic rings. The molecule has 0 saturated carbocycles. The summed E-state index contributed by atoms with van der Waals surface area (Å²) < 4.78 is 0. The van der Waals surface area contributed by atoms with Crippen molar-refractivity contribution in [3.05, 3.63) is 174 Å². The summed E-state index contributed by atoms with van der Waals surface area (Å²) >= 11 is 1.39. The Morgan fingerprint density at radius 2 is 1.05 bits per heavy atom. The Hall–Kier alpha value is -11.2. The summed E-state index contributed by atoms with van der Waals surface area (Å²) in [6.07, 6.45) is 5.67. The summed E-state index contributed by atoms with van der Waals surface area (Å²) in [4.78, 5) is 181. The number of nitrogens with two attached hydrogens (primary N) is 2. The number of thioether (sulfide) groups is 1. The van der Waals surface area contributed by atoms with Crippen LogP contribution in [0, 0.1) is 5.92 Å². The molecule has 20 N–H and O–H groups in total. The van der Waals surface area contributed by atoms with Crippen LogP contribution in [0.5, 0.6) is 11.5 Å². The zero-order valence-corrected chi connectivity index (χ0v) is 59.9. The van der Waals surface area contributed by atoms with E-state index in [4.69, 9.17) is 11.6 Å². The van der Waals surface area contributed by atoms with Crippen LogP contribution in [0.15, 0.2) is 140 Å². The number of aromatic hydroxyl groups is 2. The molecular formula is C70H85N17O15STc+7. The Morgan fingerprint density at radius 3 is 1.58 bits per heavy atom. The zero-order chi connectivity index (χ0) is 74.7. The van der Waals surface area contributed by atoms with Crippen molar-refractivity contribution in [2.75, 3.05) is 24.0 Å². The number of carboxylic acids is 1. The van der Waals surface area contributed by atoms with E-state index in [2.05, 4.69) is 78.5 Å². The van der Waals surface area contributed by atoms with Crippen molar-refractivity contribution >= 4 is 99.4 Å². The molecule has 4 aromatic carbocycles. The number of amides is 11. The number of anilines is 1. The number of pyridine rings is 1. The van der Waals surface area contributed by atoms with E-state index in [0.29, 0.717) is 44.6 Å². The van der Waals surface area contributed by atoms with Gasteiger partial charge in [-0.1, -0.05) is 86.6 Å². The Balaban J connectivity index is 0.0000170. The molecule has 0 aliphatic carbocycles. The van der Waals surface area contributed by atoms with Gasteiger partial charge in [-0.15, -0.1) is 0 Å². The summed E-state index contributed by atoms with van der Waals surface area (Å²) in [5.74, 6) is -5.63. The van der Waals surface area contributed by atoms with E-state index in [1.807, 2.05) is 0 Å². The molecule has 3 heterocycles. The van der Waals surface area contributed by atoms with E-state index in [1.54, 1.807) is 80.9 Å². The third kappa shape index (κ3) is 25.4. The standard InChI is InChI=1S/C70H85N17O15S.Tc/c1-38(2)60(69(100)76-36-59(91)79-56(32-45-35-73-37-77-45)68(99)84-53(28-40-10-6-5-7-11-40)66(97)81-51(70(101)102)26-27-103-4)86-61(92)39(3)78-64(95)55(31-44-34-74-49-13-9-8-12-48(44)49)85-63(94)50(23-24-57(71)90)80-65(96)54(30-42-16-21-47(89)22-17-42)83-67(98)52(29-41-14-19-46(88)20-15-41)82-62(93)43-18-25-58(87-72)75-33-43;/h5-22,25,33-35,37-39,50-56,60,74,88-89H,23-24,26-32,36,72H2,1-4H3,(H2,71,90)(H,73,77)(H,75,87)(H,76,100)(H,78,95)(H,79,91)(H,80,96)(H,81,97)(H,82,93)(H,83,98)(H,84,99)(H,85,94)(H,86,92)(H,101,102);/q;+7/t39-,50-,51-,52+,53+,54+,55-,56-,60-;/m0./s1/i;1+1. The Kier molecular flexibility index (Phi) is 31.8. The van der Waals surface area contributed by atoms with Crippen molar-refractivity contribution in [3.8, 4) is 11.5 Å². The molecule has 34 heteroatoms. The number of carbonyl (C=O) groups is 12. The predicted molar refractivity (Wildman–Crippen MR) is 379 cm³/mol. The SMILES string of the molecule is CSCC[C@H](NC(=O)[C@@H](Cc1ccccc1)NC(=O)[C@H](Cc1cnc[nH]1)NC(=O)CNC(=O)[C@@H](NC(=O)[C@H](C)NC(=O)[C@H](Cc1c[nH]c2ccccc12)NC(=O)[C@H](CCC(N)=O)NC(=O)[C@@H](Cc1ccc(O)cc1)NC(=O)[C@@H](Cc1ccc(O)cc1)NC(=O)c1ccc(NN)nc1)C(C)C)C(=O)O.[99Tc+7]. The normalized spacial score (nSPS) is 13.6. The largest absolute Gasteiger partial charge is 7.00 e. The Morgan fingerprint density at radius 1 is 0.529 bits per heavy atom. The molecule has 0 spiro atoms. The van der Waals surface area contributed by atoms with Gasteiger partial charge in [0.1, 0.15) is 71.7 Å². The fraction of sp³-hybridized carbons (Fsp3) is 0.343. The first-order chi connectivity index (χ1) is 49.3. The number of hydrazine groups is 1. The third-order valence-corrected chi connectivity index (χ3v) is 17.1. The molecule has 0 fully saturated rings. The monoisotopic (exact) mass is 1530 g/mol. The molecule has 104 heavy (non-hydrogen) atoms. The maximum atomic E-state index is 14.8. The number of nitrogen functional groups attached to an aromatic ring is 1. The number of benzene rings is 4. The van der Waals surface area contributed by atoms with Crippen LogP contribution in [0.4, 0.5) is 5.82 Å². The fourth-order valence-electron chi connectivity index (χ4n) is 10.7. The van der Waals surface area contributed by atoms with E-state index >= 15 is 0 Å². The molecular weight excluding hydrogens is 1450 g/mol. The summed E-state index contributed by atoms with van der Waals surface area (Å²) in [6, 6.07) is 17.1. The number of imidazole rings is 1. The van der Waals surface area contributed by atoms with Crippen LogP contribution in [0.2, 0.25) is 0 Å². The molecule has 11 amide bonds. The average molecular weight is 1540 g/mol. The van der Waals surface area contributed by atoms with Crippen molar-refractivity contribution in [2.24, 2.45) is 17.5 Å². The van der Waals surface area contributed by atoms with E-state index in [-0.39, 0.29) is 81.5 Å². The van der Waals surface area contributed by atoms with Crippen LogP contribution >= 0.6 is 11.8 Å². The second-order valence-corrected chi connectivity index (χ2v) is 25.6. The van der Waals surface area contributed by atoms with Crippen LogP contribution in [0.1, 0.15) is 78.3 Å². The molecule has 0 saturated heterocycles. The molecule has 3 aromatic heterocycles. The van der Waals surface area contributed by atoms with Crippen molar-refractivity contribution < 1.29 is 93.0 Å².